The molecule has 0 saturated heterocycles. The molecular weight excluding hydrogens is 265 g/mol. The summed E-state index contributed by atoms with van der Waals surface area (Å²) < 4.78 is 18.7. The van der Waals surface area contributed by atoms with Crippen LogP contribution in [-0.2, 0) is 11.3 Å². The molecule has 0 bridgehead atoms. The molecule has 0 saturated carbocycles. The van der Waals surface area contributed by atoms with Crippen LogP contribution < -0.4 is 11.1 Å². The third-order valence-electron chi connectivity index (χ3n) is 2.56. The van der Waals surface area contributed by atoms with Gasteiger partial charge in [0.05, 0.1) is 0 Å². The van der Waals surface area contributed by atoms with Gasteiger partial charge < -0.3 is 9.73 Å². The molecule has 2 rings (SSSR count). The number of carbonyl (C=O) groups is 1. The number of nitrogens with zero attached hydrogens (tertiary/aromatic N) is 2. The van der Waals surface area contributed by atoms with Crippen LogP contribution in [0.4, 0.5) is 4.39 Å². The molecule has 2 aromatic rings. The van der Waals surface area contributed by atoms with Crippen molar-refractivity contribution in [1.29, 1.82) is 0 Å². The van der Waals surface area contributed by atoms with E-state index in [9.17, 15) is 14.0 Å². The van der Waals surface area contributed by atoms with E-state index in [1.54, 1.807) is 0 Å². The fourth-order valence-electron chi connectivity index (χ4n) is 1.57. The Morgan fingerprint density at radius 3 is 2.75 bits per heavy atom. The Morgan fingerprint density at radius 1 is 1.40 bits per heavy atom. The summed E-state index contributed by atoms with van der Waals surface area (Å²) in [6.45, 7) is 2.26. The van der Waals surface area contributed by atoms with Gasteiger partial charge in [0.25, 0.3) is 0 Å². The second kappa shape index (κ2) is 6.14. The monoisotopic (exact) mass is 279 g/mol. The molecular formula is C13H14FN3O3. The number of rotatable bonds is 5. The molecule has 6 nitrogen and oxygen atoms in total. The van der Waals surface area contributed by atoms with Crippen molar-refractivity contribution in [2.75, 3.05) is 6.54 Å². The first kappa shape index (κ1) is 14.0. The van der Waals surface area contributed by atoms with Crippen molar-refractivity contribution in [3.05, 3.63) is 40.6 Å². The van der Waals surface area contributed by atoms with E-state index in [2.05, 4.69) is 10.4 Å². The van der Waals surface area contributed by atoms with Gasteiger partial charge in [-0.2, -0.15) is 4.68 Å². The van der Waals surface area contributed by atoms with E-state index in [1.807, 2.05) is 6.92 Å². The fourth-order valence-corrected chi connectivity index (χ4v) is 1.57. The maximum Gasteiger partial charge on any atom is 0.437 e. The highest BCUT2D eigenvalue weighted by atomic mass is 19.1. The third-order valence-corrected chi connectivity index (χ3v) is 2.56. The Bertz CT molecular complexity index is 646. The molecule has 0 unspecified atom stereocenters. The normalized spacial score (nSPS) is 10.5. The predicted octanol–water partition coefficient (Wildman–Crippen LogP) is 1.17. The van der Waals surface area contributed by atoms with Crippen LogP contribution in [0.2, 0.25) is 0 Å². The maximum absolute atomic E-state index is 12.8. The molecule has 0 fully saturated rings. The van der Waals surface area contributed by atoms with Crippen LogP contribution in [0.5, 0.6) is 0 Å². The first-order chi connectivity index (χ1) is 9.60. The van der Waals surface area contributed by atoms with Crippen LogP contribution in [-0.4, -0.2) is 22.2 Å². The van der Waals surface area contributed by atoms with E-state index >= 15 is 0 Å². The summed E-state index contributed by atoms with van der Waals surface area (Å²) in [6, 6.07) is 5.37. The zero-order valence-electron chi connectivity index (χ0n) is 10.9. The Kier molecular flexibility index (Phi) is 4.29. The number of benzene rings is 1. The molecule has 0 spiro atoms. The van der Waals surface area contributed by atoms with Gasteiger partial charge >= 0.3 is 5.76 Å². The van der Waals surface area contributed by atoms with Crippen LogP contribution >= 0.6 is 0 Å². The second-order valence-corrected chi connectivity index (χ2v) is 4.19. The molecule has 0 radical (unpaired) electrons. The predicted molar refractivity (Wildman–Crippen MR) is 69.5 cm³/mol. The minimum atomic E-state index is -0.726. The zero-order valence-corrected chi connectivity index (χ0v) is 10.9. The summed E-state index contributed by atoms with van der Waals surface area (Å²) in [4.78, 5) is 23.1. The Hall–Kier alpha value is -2.44. The topological polar surface area (TPSA) is 77.1 Å². The lowest BCUT2D eigenvalue weighted by molar-refractivity contribution is -0.121. The quantitative estimate of drug-likeness (QED) is 0.891. The Morgan fingerprint density at radius 2 is 2.10 bits per heavy atom. The van der Waals surface area contributed by atoms with Gasteiger partial charge in [-0.15, -0.1) is 5.10 Å². The van der Waals surface area contributed by atoms with Crippen molar-refractivity contribution in [1.82, 2.24) is 15.1 Å². The van der Waals surface area contributed by atoms with E-state index < -0.39 is 11.6 Å². The van der Waals surface area contributed by atoms with Gasteiger partial charge in [0.15, 0.2) is 0 Å². The van der Waals surface area contributed by atoms with Crippen LogP contribution in [0.25, 0.3) is 11.5 Å². The van der Waals surface area contributed by atoms with Gasteiger partial charge in [-0.3, -0.25) is 4.79 Å². The van der Waals surface area contributed by atoms with Crippen LogP contribution in [0, 0.1) is 5.82 Å². The highest BCUT2D eigenvalue weighted by Crippen LogP contribution is 2.15. The molecule has 1 amide bonds. The van der Waals surface area contributed by atoms with E-state index in [1.165, 1.54) is 24.3 Å². The molecule has 1 heterocycles. The van der Waals surface area contributed by atoms with Crippen molar-refractivity contribution < 1.29 is 13.6 Å². The van der Waals surface area contributed by atoms with Crippen molar-refractivity contribution in [3.63, 3.8) is 0 Å². The number of halogens is 1. The van der Waals surface area contributed by atoms with Gasteiger partial charge in [-0.25, -0.2) is 9.18 Å². The lowest BCUT2D eigenvalue weighted by Gasteiger charge is -2.01. The summed E-state index contributed by atoms with van der Waals surface area (Å²) in [7, 11) is 0. The lowest BCUT2D eigenvalue weighted by atomic mass is 10.2. The van der Waals surface area contributed by atoms with Crippen molar-refractivity contribution in [3.8, 4) is 11.5 Å². The lowest BCUT2D eigenvalue weighted by Crippen LogP contribution is -2.31. The van der Waals surface area contributed by atoms with Crippen molar-refractivity contribution in [2.45, 2.75) is 19.9 Å². The van der Waals surface area contributed by atoms with Crippen molar-refractivity contribution in [2.24, 2.45) is 0 Å². The SMILES string of the molecule is CCCNC(=O)Cn1nc(-c2ccc(F)cc2)oc1=O. The minimum Gasteiger partial charge on any atom is -0.388 e. The number of aromatic nitrogens is 2. The summed E-state index contributed by atoms with van der Waals surface area (Å²) in [5.74, 6) is -1.38. The van der Waals surface area contributed by atoms with E-state index in [4.69, 9.17) is 4.42 Å². The molecule has 1 N–H and O–H groups in total. The van der Waals surface area contributed by atoms with Crippen molar-refractivity contribution >= 4 is 5.91 Å². The Balaban J connectivity index is 2.15. The molecule has 106 valence electrons. The molecule has 1 aromatic heterocycles. The van der Waals surface area contributed by atoms with Gasteiger partial charge in [0.1, 0.15) is 12.4 Å². The molecule has 7 heteroatoms. The largest absolute Gasteiger partial charge is 0.437 e. The number of hydrogen-bond acceptors (Lipinski definition) is 4. The number of carbonyl (C=O) groups excluding carboxylic acids is 1. The first-order valence-electron chi connectivity index (χ1n) is 6.20. The molecule has 0 aliphatic rings. The summed E-state index contributed by atoms with van der Waals surface area (Å²) in [5.41, 5.74) is 0.469. The minimum absolute atomic E-state index is 0.0540. The smallest absolute Gasteiger partial charge is 0.388 e. The summed E-state index contributed by atoms with van der Waals surface area (Å²) in [6.07, 6.45) is 0.806. The van der Waals surface area contributed by atoms with E-state index in [-0.39, 0.29) is 18.3 Å². The molecule has 0 aliphatic carbocycles. The van der Waals surface area contributed by atoms with Crippen LogP contribution in [0.3, 0.4) is 0 Å². The summed E-state index contributed by atoms with van der Waals surface area (Å²) in [5, 5.41) is 6.55. The molecule has 20 heavy (non-hydrogen) atoms. The third kappa shape index (κ3) is 3.31. The van der Waals surface area contributed by atoms with Gasteiger partial charge in [0, 0.05) is 12.1 Å². The fraction of sp³-hybridized carbons (Fsp3) is 0.308. The average Bonchev–Trinajstić information content (AvgIpc) is 2.78. The molecule has 0 aliphatic heterocycles. The summed E-state index contributed by atoms with van der Waals surface area (Å²) >= 11 is 0. The van der Waals surface area contributed by atoms with Crippen LogP contribution in [0.1, 0.15) is 13.3 Å². The van der Waals surface area contributed by atoms with Gasteiger partial charge in [-0.1, -0.05) is 6.92 Å². The van der Waals surface area contributed by atoms with E-state index in [0.29, 0.717) is 12.1 Å². The highest BCUT2D eigenvalue weighted by Gasteiger charge is 2.12. The highest BCUT2D eigenvalue weighted by molar-refractivity contribution is 5.75. The zero-order chi connectivity index (χ0) is 14.5. The van der Waals surface area contributed by atoms with E-state index in [0.717, 1.165) is 11.1 Å². The Labute approximate surface area is 114 Å². The number of nitrogens with one attached hydrogen (secondary N) is 1. The standard InChI is InChI=1S/C13H14FN3O3/c1-2-7-15-11(18)8-17-13(19)20-12(16-17)9-3-5-10(14)6-4-9/h3-6H,2,7-8H2,1H3,(H,15,18). The average molecular weight is 279 g/mol. The maximum atomic E-state index is 12.8. The molecule has 1 aromatic carbocycles. The molecule has 0 atom stereocenters. The van der Waals surface area contributed by atoms with Gasteiger partial charge in [0.2, 0.25) is 11.8 Å². The van der Waals surface area contributed by atoms with Gasteiger partial charge in [-0.05, 0) is 30.7 Å². The van der Waals surface area contributed by atoms with Crippen LogP contribution in [0.15, 0.2) is 33.5 Å². The number of hydrogen-bond donors (Lipinski definition) is 1. The second-order valence-electron chi connectivity index (χ2n) is 4.19. The first-order valence-corrected chi connectivity index (χ1v) is 6.20. The number of amides is 1.